The molecule has 1 heterocycles. The van der Waals surface area contributed by atoms with E-state index in [1.54, 1.807) is 6.07 Å². The molecule has 4 N–H and O–H groups in total. The summed E-state index contributed by atoms with van der Waals surface area (Å²) in [6.45, 7) is -0.0834. The molecule has 2 rings (SSSR count). The van der Waals surface area contributed by atoms with Gasteiger partial charge in [0.1, 0.15) is 23.2 Å². The SMILES string of the molecule is N#C/C(=C/c1ccc(CNC(=O)C(=O)Nc2ccc(Cl)c(Cl)c2)o1)C(N)=O. The van der Waals surface area contributed by atoms with Crippen molar-refractivity contribution in [3.8, 4) is 6.07 Å². The van der Waals surface area contributed by atoms with Crippen LogP contribution in [0.2, 0.25) is 10.0 Å². The van der Waals surface area contributed by atoms with Crippen molar-refractivity contribution in [2.24, 2.45) is 5.73 Å². The molecule has 1 aromatic heterocycles. The van der Waals surface area contributed by atoms with Crippen LogP contribution in [0.4, 0.5) is 5.69 Å². The molecule has 0 aliphatic rings. The smallest absolute Gasteiger partial charge is 0.313 e. The van der Waals surface area contributed by atoms with E-state index in [0.717, 1.165) is 0 Å². The van der Waals surface area contributed by atoms with Crippen molar-refractivity contribution in [1.82, 2.24) is 5.32 Å². The second kappa shape index (κ2) is 8.89. The molecule has 0 aliphatic heterocycles. The van der Waals surface area contributed by atoms with Crippen molar-refractivity contribution >= 4 is 52.7 Å². The second-order valence-corrected chi connectivity index (χ2v) is 5.92. The minimum Gasteiger partial charge on any atom is -0.460 e. The van der Waals surface area contributed by atoms with Gasteiger partial charge in [-0.25, -0.2) is 0 Å². The van der Waals surface area contributed by atoms with Crippen molar-refractivity contribution in [3.63, 3.8) is 0 Å². The van der Waals surface area contributed by atoms with Gasteiger partial charge < -0.3 is 20.8 Å². The summed E-state index contributed by atoms with van der Waals surface area (Å²) in [6, 6.07) is 9.03. The third kappa shape index (κ3) is 5.60. The van der Waals surface area contributed by atoms with E-state index in [2.05, 4.69) is 10.6 Å². The number of hydrogen-bond donors (Lipinski definition) is 3. The summed E-state index contributed by atoms with van der Waals surface area (Å²) in [5.41, 5.74) is 5.06. The monoisotopic (exact) mass is 406 g/mol. The summed E-state index contributed by atoms with van der Waals surface area (Å²) >= 11 is 11.6. The van der Waals surface area contributed by atoms with E-state index >= 15 is 0 Å². The molecular formula is C17H12Cl2N4O4. The van der Waals surface area contributed by atoms with Gasteiger partial charge in [-0.05, 0) is 30.3 Å². The molecule has 138 valence electrons. The van der Waals surface area contributed by atoms with Gasteiger partial charge in [0, 0.05) is 11.8 Å². The van der Waals surface area contributed by atoms with E-state index in [1.807, 2.05) is 0 Å². The fraction of sp³-hybridized carbons (Fsp3) is 0.0588. The molecule has 10 heteroatoms. The minimum atomic E-state index is -0.902. The number of carbonyl (C=O) groups is 3. The maximum Gasteiger partial charge on any atom is 0.313 e. The fourth-order valence-corrected chi connectivity index (χ4v) is 2.18. The Morgan fingerprint density at radius 3 is 2.52 bits per heavy atom. The Bertz CT molecular complexity index is 976. The Morgan fingerprint density at radius 1 is 1.15 bits per heavy atom. The highest BCUT2D eigenvalue weighted by Crippen LogP contribution is 2.24. The Morgan fingerprint density at radius 2 is 1.89 bits per heavy atom. The van der Waals surface area contributed by atoms with Gasteiger partial charge in [0.05, 0.1) is 16.6 Å². The van der Waals surface area contributed by atoms with Crippen molar-refractivity contribution in [2.45, 2.75) is 6.54 Å². The molecule has 3 amide bonds. The van der Waals surface area contributed by atoms with Gasteiger partial charge in [-0.3, -0.25) is 14.4 Å². The van der Waals surface area contributed by atoms with Gasteiger partial charge in [0.15, 0.2) is 0 Å². The number of benzene rings is 1. The average molecular weight is 407 g/mol. The van der Waals surface area contributed by atoms with Crippen LogP contribution in [0.3, 0.4) is 0 Å². The number of primary amides is 1. The largest absolute Gasteiger partial charge is 0.460 e. The Balaban J connectivity index is 1.93. The molecule has 0 aliphatic carbocycles. The highest BCUT2D eigenvalue weighted by atomic mass is 35.5. The van der Waals surface area contributed by atoms with E-state index in [4.69, 9.17) is 38.6 Å². The lowest BCUT2D eigenvalue weighted by Crippen LogP contribution is -2.34. The molecule has 8 nitrogen and oxygen atoms in total. The van der Waals surface area contributed by atoms with Crippen LogP contribution in [0.5, 0.6) is 0 Å². The Labute approximate surface area is 163 Å². The molecule has 27 heavy (non-hydrogen) atoms. The average Bonchev–Trinajstić information content (AvgIpc) is 3.08. The van der Waals surface area contributed by atoms with Crippen molar-refractivity contribution in [1.29, 1.82) is 5.26 Å². The van der Waals surface area contributed by atoms with Crippen LogP contribution in [-0.4, -0.2) is 17.7 Å². The predicted octanol–water partition coefficient (Wildman–Crippen LogP) is 2.23. The number of rotatable bonds is 5. The van der Waals surface area contributed by atoms with E-state index in [1.165, 1.54) is 36.4 Å². The molecule has 0 saturated heterocycles. The number of nitrogens with two attached hydrogens (primary N) is 1. The van der Waals surface area contributed by atoms with Gasteiger partial charge >= 0.3 is 11.8 Å². The number of carbonyl (C=O) groups excluding carboxylic acids is 3. The molecule has 0 spiro atoms. The molecule has 0 saturated carbocycles. The van der Waals surface area contributed by atoms with Crippen LogP contribution in [0, 0.1) is 11.3 Å². The molecule has 0 radical (unpaired) electrons. The number of anilines is 1. The zero-order valence-corrected chi connectivity index (χ0v) is 15.1. The van der Waals surface area contributed by atoms with Crippen LogP contribution in [0.1, 0.15) is 11.5 Å². The first-order valence-electron chi connectivity index (χ1n) is 7.34. The van der Waals surface area contributed by atoms with E-state index in [-0.39, 0.29) is 22.9 Å². The highest BCUT2D eigenvalue weighted by Gasteiger charge is 2.15. The maximum atomic E-state index is 11.9. The van der Waals surface area contributed by atoms with Gasteiger partial charge in [0.25, 0.3) is 5.91 Å². The van der Waals surface area contributed by atoms with Crippen LogP contribution < -0.4 is 16.4 Å². The number of hydrogen-bond acceptors (Lipinski definition) is 5. The number of nitriles is 1. The normalized spacial score (nSPS) is 10.8. The minimum absolute atomic E-state index is 0.0834. The number of furan rings is 1. The maximum absolute atomic E-state index is 11.9. The quantitative estimate of drug-likeness (QED) is 0.396. The molecule has 0 atom stereocenters. The van der Waals surface area contributed by atoms with E-state index in [0.29, 0.717) is 16.5 Å². The summed E-state index contributed by atoms with van der Waals surface area (Å²) in [6.07, 6.45) is 1.17. The number of amides is 3. The number of nitrogens with one attached hydrogen (secondary N) is 2. The molecule has 0 fully saturated rings. The van der Waals surface area contributed by atoms with Gasteiger partial charge in [-0.1, -0.05) is 23.2 Å². The summed E-state index contributed by atoms with van der Waals surface area (Å²) in [5.74, 6) is -2.18. The summed E-state index contributed by atoms with van der Waals surface area (Å²) in [5, 5.41) is 14.1. The third-order valence-corrected chi connectivity index (χ3v) is 3.90. The fourth-order valence-electron chi connectivity index (χ4n) is 1.88. The first-order valence-corrected chi connectivity index (χ1v) is 8.10. The Kier molecular flexibility index (Phi) is 6.60. The van der Waals surface area contributed by atoms with E-state index < -0.39 is 17.7 Å². The lowest BCUT2D eigenvalue weighted by atomic mass is 10.2. The van der Waals surface area contributed by atoms with Crippen molar-refractivity contribution in [3.05, 3.63) is 57.5 Å². The zero-order valence-electron chi connectivity index (χ0n) is 13.6. The summed E-state index contributed by atoms with van der Waals surface area (Å²) in [7, 11) is 0. The first kappa shape index (κ1) is 20.0. The summed E-state index contributed by atoms with van der Waals surface area (Å²) in [4.78, 5) is 34.7. The Hall–Kier alpha value is -3.28. The molecule has 0 unspecified atom stereocenters. The predicted molar refractivity (Wildman–Crippen MR) is 98.4 cm³/mol. The second-order valence-electron chi connectivity index (χ2n) is 5.10. The van der Waals surface area contributed by atoms with Crippen LogP contribution in [-0.2, 0) is 20.9 Å². The van der Waals surface area contributed by atoms with E-state index in [9.17, 15) is 14.4 Å². The van der Waals surface area contributed by atoms with Gasteiger partial charge in [0.2, 0.25) is 0 Å². The lowest BCUT2D eigenvalue weighted by molar-refractivity contribution is -0.136. The standard InChI is InChI=1S/C17H12Cl2N4O4/c18-13-4-1-10(6-14(13)19)23-17(26)16(25)22-8-12-3-2-11(27-12)5-9(7-20)15(21)24/h1-6H,8H2,(H2,21,24)(H,22,25)(H,23,26)/b9-5-. The highest BCUT2D eigenvalue weighted by molar-refractivity contribution is 6.42. The van der Waals surface area contributed by atoms with Crippen LogP contribution in [0.25, 0.3) is 6.08 Å². The topological polar surface area (TPSA) is 138 Å². The van der Waals surface area contributed by atoms with Crippen molar-refractivity contribution < 1.29 is 18.8 Å². The zero-order chi connectivity index (χ0) is 20.0. The van der Waals surface area contributed by atoms with Crippen molar-refractivity contribution in [2.75, 3.05) is 5.32 Å². The van der Waals surface area contributed by atoms with Gasteiger partial charge in [-0.2, -0.15) is 5.26 Å². The summed E-state index contributed by atoms with van der Waals surface area (Å²) < 4.78 is 5.33. The molecular weight excluding hydrogens is 395 g/mol. The van der Waals surface area contributed by atoms with Crippen LogP contribution in [0.15, 0.2) is 40.3 Å². The van der Waals surface area contributed by atoms with Gasteiger partial charge in [-0.15, -0.1) is 0 Å². The molecule has 1 aromatic carbocycles. The van der Waals surface area contributed by atoms with Crippen LogP contribution >= 0.6 is 23.2 Å². The molecule has 0 bridgehead atoms. The molecule has 2 aromatic rings. The number of nitrogens with zero attached hydrogens (tertiary/aromatic N) is 1. The first-order chi connectivity index (χ1) is 12.8. The third-order valence-electron chi connectivity index (χ3n) is 3.16. The lowest BCUT2D eigenvalue weighted by Gasteiger charge is -2.06. The number of halogens is 2.